The first-order valence-electron chi connectivity index (χ1n) is 8.14. The van der Waals surface area contributed by atoms with Gasteiger partial charge in [-0.05, 0) is 30.2 Å². The third-order valence-electron chi connectivity index (χ3n) is 4.38. The topological polar surface area (TPSA) is 75.3 Å². The molecular weight excluding hydrogens is 312 g/mol. The summed E-state index contributed by atoms with van der Waals surface area (Å²) >= 11 is 0. The van der Waals surface area contributed by atoms with E-state index in [0.29, 0.717) is 24.8 Å². The standard InChI is InChI=1S/C17H26N2O3S/c1-13(2)15(10-14-6-4-3-5-7-14)11-18-17(20)19-16-8-9-23(21,22)12-16/h3-7,13,15-16H,8-12H2,1-2H3,(H2,18,19,20)/t15-,16-/m1/s1. The molecule has 2 atom stereocenters. The van der Waals surface area contributed by atoms with Gasteiger partial charge in [-0.25, -0.2) is 13.2 Å². The minimum absolute atomic E-state index is 0.0536. The van der Waals surface area contributed by atoms with E-state index in [1.807, 2.05) is 18.2 Å². The molecule has 0 unspecified atom stereocenters. The molecule has 1 aliphatic heterocycles. The highest BCUT2D eigenvalue weighted by atomic mass is 32.2. The quantitative estimate of drug-likeness (QED) is 0.833. The van der Waals surface area contributed by atoms with Gasteiger partial charge in [-0.1, -0.05) is 44.2 Å². The summed E-state index contributed by atoms with van der Waals surface area (Å²) in [7, 11) is -2.97. The third kappa shape index (κ3) is 5.86. The molecule has 5 nitrogen and oxygen atoms in total. The zero-order valence-corrected chi connectivity index (χ0v) is 14.6. The summed E-state index contributed by atoms with van der Waals surface area (Å²) in [6.07, 6.45) is 1.42. The minimum Gasteiger partial charge on any atom is -0.338 e. The predicted octanol–water partition coefficient (Wildman–Crippen LogP) is 1.99. The molecule has 0 saturated carbocycles. The van der Waals surface area contributed by atoms with Gasteiger partial charge in [0.2, 0.25) is 0 Å². The fourth-order valence-corrected chi connectivity index (χ4v) is 4.50. The minimum atomic E-state index is -2.97. The molecule has 0 aliphatic carbocycles. The van der Waals surface area contributed by atoms with Crippen LogP contribution in [-0.2, 0) is 16.3 Å². The van der Waals surface area contributed by atoms with Crippen LogP contribution >= 0.6 is 0 Å². The molecule has 1 heterocycles. The van der Waals surface area contributed by atoms with Gasteiger partial charge < -0.3 is 10.6 Å². The van der Waals surface area contributed by atoms with E-state index in [0.717, 1.165) is 6.42 Å². The van der Waals surface area contributed by atoms with Crippen LogP contribution in [0, 0.1) is 11.8 Å². The highest BCUT2D eigenvalue weighted by molar-refractivity contribution is 7.91. The van der Waals surface area contributed by atoms with Gasteiger partial charge in [0, 0.05) is 12.6 Å². The van der Waals surface area contributed by atoms with Crippen LogP contribution in [0.2, 0.25) is 0 Å². The lowest BCUT2D eigenvalue weighted by Crippen LogP contribution is -2.44. The Morgan fingerprint density at radius 3 is 2.52 bits per heavy atom. The molecule has 23 heavy (non-hydrogen) atoms. The first-order valence-corrected chi connectivity index (χ1v) is 9.96. The lowest BCUT2D eigenvalue weighted by atomic mass is 9.89. The van der Waals surface area contributed by atoms with Gasteiger partial charge in [0.1, 0.15) is 0 Å². The lowest BCUT2D eigenvalue weighted by Gasteiger charge is -2.22. The monoisotopic (exact) mass is 338 g/mol. The summed E-state index contributed by atoms with van der Waals surface area (Å²) in [6, 6.07) is 9.70. The Labute approximate surface area is 138 Å². The lowest BCUT2D eigenvalue weighted by molar-refractivity contribution is 0.233. The Balaban J connectivity index is 1.80. The highest BCUT2D eigenvalue weighted by Crippen LogP contribution is 2.16. The first-order chi connectivity index (χ1) is 10.9. The SMILES string of the molecule is CC(C)[C@@H](CNC(=O)N[C@@H]1CCS(=O)(=O)C1)Cc1ccccc1. The largest absolute Gasteiger partial charge is 0.338 e. The maximum atomic E-state index is 12.0. The molecule has 0 spiro atoms. The van der Waals surface area contributed by atoms with Gasteiger partial charge in [-0.15, -0.1) is 0 Å². The average molecular weight is 338 g/mol. The zero-order chi connectivity index (χ0) is 16.9. The highest BCUT2D eigenvalue weighted by Gasteiger charge is 2.29. The molecule has 1 saturated heterocycles. The number of nitrogens with one attached hydrogen (secondary N) is 2. The van der Waals surface area contributed by atoms with Crippen molar-refractivity contribution in [1.29, 1.82) is 0 Å². The molecule has 0 bridgehead atoms. The number of sulfone groups is 1. The van der Waals surface area contributed by atoms with Crippen molar-refractivity contribution >= 4 is 15.9 Å². The summed E-state index contributed by atoms with van der Waals surface area (Å²) in [4.78, 5) is 12.0. The Hall–Kier alpha value is -1.56. The Bertz CT molecular complexity index is 614. The van der Waals surface area contributed by atoms with Crippen molar-refractivity contribution in [2.24, 2.45) is 11.8 Å². The normalized spacial score (nSPS) is 21.1. The molecule has 2 rings (SSSR count). The molecule has 6 heteroatoms. The van der Waals surface area contributed by atoms with Crippen molar-refractivity contribution in [2.45, 2.75) is 32.7 Å². The number of amides is 2. The maximum absolute atomic E-state index is 12.0. The molecular formula is C17H26N2O3S. The van der Waals surface area contributed by atoms with Crippen molar-refractivity contribution in [1.82, 2.24) is 10.6 Å². The number of rotatable bonds is 6. The molecule has 128 valence electrons. The molecule has 0 radical (unpaired) electrons. The predicted molar refractivity (Wildman–Crippen MR) is 92.1 cm³/mol. The maximum Gasteiger partial charge on any atom is 0.315 e. The van der Waals surface area contributed by atoms with E-state index < -0.39 is 9.84 Å². The van der Waals surface area contributed by atoms with E-state index in [-0.39, 0.29) is 23.6 Å². The smallest absolute Gasteiger partial charge is 0.315 e. The fourth-order valence-electron chi connectivity index (χ4n) is 2.83. The summed E-state index contributed by atoms with van der Waals surface area (Å²) in [5, 5.41) is 5.66. The number of hydrogen-bond acceptors (Lipinski definition) is 3. The van der Waals surface area contributed by atoms with Crippen molar-refractivity contribution < 1.29 is 13.2 Å². The van der Waals surface area contributed by atoms with Crippen LogP contribution in [0.25, 0.3) is 0 Å². The van der Waals surface area contributed by atoms with Crippen molar-refractivity contribution in [3.05, 3.63) is 35.9 Å². The van der Waals surface area contributed by atoms with E-state index in [4.69, 9.17) is 0 Å². The van der Waals surface area contributed by atoms with Crippen LogP contribution in [-0.4, -0.2) is 38.5 Å². The number of carbonyl (C=O) groups is 1. The Morgan fingerprint density at radius 1 is 1.26 bits per heavy atom. The average Bonchev–Trinajstić information content (AvgIpc) is 2.83. The second-order valence-corrected chi connectivity index (χ2v) is 8.88. The molecule has 1 aromatic carbocycles. The van der Waals surface area contributed by atoms with Crippen LogP contribution in [0.15, 0.2) is 30.3 Å². The van der Waals surface area contributed by atoms with Gasteiger partial charge >= 0.3 is 6.03 Å². The third-order valence-corrected chi connectivity index (χ3v) is 6.14. The van der Waals surface area contributed by atoms with E-state index in [9.17, 15) is 13.2 Å². The van der Waals surface area contributed by atoms with Gasteiger partial charge in [0.05, 0.1) is 11.5 Å². The molecule has 1 aromatic rings. The van der Waals surface area contributed by atoms with E-state index in [1.165, 1.54) is 5.56 Å². The first kappa shape index (κ1) is 17.8. The Morgan fingerprint density at radius 2 is 1.96 bits per heavy atom. The number of carbonyl (C=O) groups excluding carboxylic acids is 1. The van der Waals surface area contributed by atoms with Crippen LogP contribution in [0.1, 0.15) is 25.8 Å². The second-order valence-electron chi connectivity index (χ2n) is 6.65. The summed E-state index contributed by atoms with van der Waals surface area (Å²) < 4.78 is 22.8. The number of hydrogen-bond donors (Lipinski definition) is 2. The van der Waals surface area contributed by atoms with Gasteiger partial charge in [-0.2, -0.15) is 0 Å². The molecule has 2 N–H and O–H groups in total. The molecule has 2 amide bonds. The van der Waals surface area contributed by atoms with E-state index in [1.54, 1.807) is 0 Å². The number of urea groups is 1. The van der Waals surface area contributed by atoms with Crippen molar-refractivity contribution in [2.75, 3.05) is 18.1 Å². The van der Waals surface area contributed by atoms with Crippen molar-refractivity contribution in [3.8, 4) is 0 Å². The molecule has 1 aliphatic rings. The summed E-state index contributed by atoms with van der Waals surface area (Å²) in [5.41, 5.74) is 1.26. The van der Waals surface area contributed by atoms with Gasteiger partial charge in [0.15, 0.2) is 9.84 Å². The van der Waals surface area contributed by atoms with Crippen molar-refractivity contribution in [3.63, 3.8) is 0 Å². The van der Waals surface area contributed by atoms with Crippen LogP contribution < -0.4 is 10.6 Å². The van der Waals surface area contributed by atoms with Crippen LogP contribution in [0.5, 0.6) is 0 Å². The Kier molecular flexibility index (Phi) is 6.04. The molecule has 1 fully saturated rings. The van der Waals surface area contributed by atoms with E-state index in [2.05, 4.69) is 36.6 Å². The number of benzene rings is 1. The zero-order valence-electron chi connectivity index (χ0n) is 13.8. The second kappa shape index (κ2) is 7.81. The molecule has 0 aromatic heterocycles. The van der Waals surface area contributed by atoms with Crippen LogP contribution in [0.4, 0.5) is 4.79 Å². The fraction of sp³-hybridized carbons (Fsp3) is 0.588. The summed E-state index contributed by atoms with van der Waals surface area (Å²) in [6.45, 7) is 4.88. The van der Waals surface area contributed by atoms with E-state index >= 15 is 0 Å². The van der Waals surface area contributed by atoms with Gasteiger partial charge in [-0.3, -0.25) is 0 Å². The van der Waals surface area contributed by atoms with Gasteiger partial charge in [0.25, 0.3) is 0 Å². The summed E-state index contributed by atoms with van der Waals surface area (Å²) in [5.74, 6) is 1.01. The van der Waals surface area contributed by atoms with Crippen LogP contribution in [0.3, 0.4) is 0 Å².